The molecular weight excluding hydrogens is 468 g/mol. The van der Waals surface area contributed by atoms with Crippen LogP contribution in [0.4, 0.5) is 5.69 Å². The van der Waals surface area contributed by atoms with E-state index in [0.717, 1.165) is 9.87 Å². The lowest BCUT2D eigenvalue weighted by atomic mass is 10.0. The average molecular weight is 499 g/mol. The highest BCUT2D eigenvalue weighted by Crippen LogP contribution is 2.35. The van der Waals surface area contributed by atoms with Crippen LogP contribution in [0.3, 0.4) is 0 Å². The summed E-state index contributed by atoms with van der Waals surface area (Å²) in [5.74, 6) is 0.969. The van der Waals surface area contributed by atoms with Gasteiger partial charge in [0.1, 0.15) is 23.8 Å². The van der Waals surface area contributed by atoms with E-state index >= 15 is 0 Å². The van der Waals surface area contributed by atoms with Crippen LogP contribution in [0.1, 0.15) is 24.9 Å². The van der Waals surface area contributed by atoms with Gasteiger partial charge in [-0.1, -0.05) is 37.3 Å². The number of nitrogens with zero attached hydrogens (tertiary/aromatic N) is 1. The van der Waals surface area contributed by atoms with Gasteiger partial charge in [0, 0.05) is 6.07 Å². The van der Waals surface area contributed by atoms with Crippen molar-refractivity contribution in [2.24, 2.45) is 0 Å². The summed E-state index contributed by atoms with van der Waals surface area (Å²) >= 11 is 0. The molecule has 1 amide bonds. The molecule has 0 unspecified atom stereocenters. The molecule has 0 saturated carbocycles. The van der Waals surface area contributed by atoms with Gasteiger partial charge in [-0.2, -0.15) is 0 Å². The topological polar surface area (TPSA) is 94.2 Å². The Morgan fingerprint density at radius 2 is 1.51 bits per heavy atom. The van der Waals surface area contributed by atoms with E-state index in [1.54, 1.807) is 37.4 Å². The summed E-state index contributed by atoms with van der Waals surface area (Å²) in [6.45, 7) is 1.49. The molecule has 35 heavy (non-hydrogen) atoms. The number of amides is 1. The van der Waals surface area contributed by atoms with Crippen molar-refractivity contribution in [3.63, 3.8) is 0 Å². The largest absolute Gasteiger partial charge is 0.497 e. The molecule has 3 aromatic carbocycles. The fourth-order valence-corrected chi connectivity index (χ4v) is 5.08. The van der Waals surface area contributed by atoms with Crippen molar-refractivity contribution in [2.45, 2.75) is 24.3 Å². The van der Waals surface area contributed by atoms with Crippen LogP contribution in [0.5, 0.6) is 17.2 Å². The Morgan fingerprint density at radius 1 is 0.886 bits per heavy atom. The van der Waals surface area contributed by atoms with Crippen LogP contribution in [-0.4, -0.2) is 42.2 Å². The molecule has 0 aliphatic carbocycles. The lowest BCUT2D eigenvalue weighted by molar-refractivity contribution is -0.120. The fourth-order valence-electron chi connectivity index (χ4n) is 3.64. The Labute approximate surface area is 206 Å². The number of benzene rings is 3. The number of hydrogen-bond donors (Lipinski definition) is 1. The van der Waals surface area contributed by atoms with Gasteiger partial charge in [0.15, 0.2) is 0 Å². The van der Waals surface area contributed by atoms with E-state index in [2.05, 4.69) is 5.32 Å². The Morgan fingerprint density at radius 3 is 2.09 bits per heavy atom. The molecule has 3 aromatic rings. The van der Waals surface area contributed by atoms with Crippen molar-refractivity contribution in [3.8, 4) is 17.2 Å². The molecule has 0 heterocycles. The molecule has 9 heteroatoms. The number of hydrogen-bond acceptors (Lipinski definition) is 6. The number of methoxy groups -OCH3 is 3. The summed E-state index contributed by atoms with van der Waals surface area (Å²) in [4.78, 5) is 13.3. The normalized spacial score (nSPS) is 11.9. The summed E-state index contributed by atoms with van der Waals surface area (Å²) in [6, 6.07) is 19.8. The molecule has 0 saturated heterocycles. The predicted molar refractivity (Wildman–Crippen MR) is 135 cm³/mol. The maximum Gasteiger partial charge on any atom is 0.264 e. The highest BCUT2D eigenvalue weighted by Gasteiger charge is 2.30. The van der Waals surface area contributed by atoms with Crippen LogP contribution in [0.2, 0.25) is 0 Å². The van der Waals surface area contributed by atoms with Gasteiger partial charge in [-0.05, 0) is 48.4 Å². The van der Waals surface area contributed by atoms with E-state index in [1.807, 2.05) is 31.2 Å². The van der Waals surface area contributed by atoms with Gasteiger partial charge in [-0.3, -0.25) is 9.10 Å². The third kappa shape index (κ3) is 6.05. The monoisotopic (exact) mass is 498 g/mol. The number of carbonyl (C=O) groups excluding carboxylic acids is 1. The van der Waals surface area contributed by atoms with E-state index in [9.17, 15) is 13.2 Å². The van der Waals surface area contributed by atoms with Crippen LogP contribution in [0, 0.1) is 0 Å². The molecule has 1 atom stereocenters. The zero-order valence-corrected chi connectivity index (χ0v) is 21.0. The Balaban J connectivity index is 1.97. The van der Waals surface area contributed by atoms with Crippen molar-refractivity contribution in [1.29, 1.82) is 0 Å². The van der Waals surface area contributed by atoms with Gasteiger partial charge in [0.25, 0.3) is 10.0 Å². The summed E-state index contributed by atoms with van der Waals surface area (Å²) < 4.78 is 44.3. The van der Waals surface area contributed by atoms with Crippen molar-refractivity contribution in [3.05, 3.63) is 78.4 Å². The molecule has 0 radical (unpaired) electrons. The molecule has 0 spiro atoms. The van der Waals surface area contributed by atoms with E-state index in [0.29, 0.717) is 23.7 Å². The Hall–Kier alpha value is -3.72. The summed E-state index contributed by atoms with van der Waals surface area (Å²) in [6.07, 6.45) is 0.617. The zero-order valence-electron chi connectivity index (χ0n) is 20.2. The number of ether oxygens (including phenoxy) is 3. The molecule has 0 aliphatic rings. The SMILES string of the molecule is CC[C@@H](NC(=O)CN(c1cc(OC)ccc1OC)S(=O)(=O)c1ccccc1)c1ccc(OC)cc1. The predicted octanol–water partition coefficient (Wildman–Crippen LogP) is 4.18. The maximum absolute atomic E-state index is 13.7. The standard InChI is InChI=1S/C26H30N2O6S/c1-5-23(19-11-13-20(32-2)14-12-19)27-26(29)18-28(35(30,31)22-9-7-6-8-10-22)24-17-21(33-3)15-16-25(24)34-4/h6-17,23H,5,18H2,1-4H3,(H,27,29)/t23-/m1/s1. The highest BCUT2D eigenvalue weighted by molar-refractivity contribution is 7.92. The van der Waals surface area contributed by atoms with E-state index in [-0.39, 0.29) is 16.6 Å². The van der Waals surface area contributed by atoms with Crippen molar-refractivity contribution in [2.75, 3.05) is 32.2 Å². The third-order valence-electron chi connectivity index (χ3n) is 5.53. The third-order valence-corrected chi connectivity index (χ3v) is 7.31. The van der Waals surface area contributed by atoms with Crippen LogP contribution in [0.15, 0.2) is 77.7 Å². The Bertz CT molecular complexity index is 1230. The minimum Gasteiger partial charge on any atom is -0.497 e. The molecule has 3 rings (SSSR count). The quantitative estimate of drug-likeness (QED) is 0.426. The second kappa shape index (κ2) is 11.6. The van der Waals surface area contributed by atoms with Crippen LogP contribution < -0.4 is 23.8 Å². The van der Waals surface area contributed by atoms with Crippen LogP contribution in [0.25, 0.3) is 0 Å². The molecule has 8 nitrogen and oxygen atoms in total. The highest BCUT2D eigenvalue weighted by atomic mass is 32.2. The first-order valence-corrected chi connectivity index (χ1v) is 12.5. The van der Waals surface area contributed by atoms with Gasteiger partial charge in [0.2, 0.25) is 5.91 Å². The number of anilines is 1. The number of nitrogens with one attached hydrogen (secondary N) is 1. The summed E-state index contributed by atoms with van der Waals surface area (Å²) in [5, 5.41) is 2.95. The second-order valence-electron chi connectivity index (χ2n) is 7.66. The molecule has 186 valence electrons. The van der Waals surface area contributed by atoms with Crippen LogP contribution >= 0.6 is 0 Å². The molecule has 0 aliphatic heterocycles. The molecular formula is C26H30N2O6S. The van der Waals surface area contributed by atoms with Crippen LogP contribution in [-0.2, 0) is 14.8 Å². The molecule has 0 bridgehead atoms. The van der Waals surface area contributed by atoms with Gasteiger partial charge in [0.05, 0.1) is 38.0 Å². The minimum absolute atomic E-state index is 0.0554. The summed E-state index contributed by atoms with van der Waals surface area (Å²) in [5.41, 5.74) is 1.08. The van der Waals surface area contributed by atoms with E-state index in [1.165, 1.54) is 32.4 Å². The summed E-state index contributed by atoms with van der Waals surface area (Å²) in [7, 11) is 0.405. The minimum atomic E-state index is -4.10. The number of rotatable bonds is 11. The molecule has 1 N–H and O–H groups in total. The smallest absolute Gasteiger partial charge is 0.264 e. The van der Waals surface area contributed by atoms with Gasteiger partial charge < -0.3 is 19.5 Å². The van der Waals surface area contributed by atoms with Gasteiger partial charge in [-0.25, -0.2) is 8.42 Å². The van der Waals surface area contributed by atoms with E-state index in [4.69, 9.17) is 14.2 Å². The zero-order chi connectivity index (χ0) is 25.4. The van der Waals surface area contributed by atoms with Gasteiger partial charge in [-0.15, -0.1) is 0 Å². The van der Waals surface area contributed by atoms with Crippen molar-refractivity contribution in [1.82, 2.24) is 5.32 Å². The lowest BCUT2D eigenvalue weighted by Crippen LogP contribution is -2.42. The molecule has 0 fully saturated rings. The Kier molecular flexibility index (Phi) is 8.59. The van der Waals surface area contributed by atoms with E-state index < -0.39 is 22.5 Å². The second-order valence-corrected chi connectivity index (χ2v) is 9.53. The number of sulfonamides is 1. The lowest BCUT2D eigenvalue weighted by Gasteiger charge is -2.27. The first kappa shape index (κ1) is 25.9. The van der Waals surface area contributed by atoms with Crippen molar-refractivity contribution < 1.29 is 27.4 Å². The maximum atomic E-state index is 13.7. The first-order valence-electron chi connectivity index (χ1n) is 11.1. The van der Waals surface area contributed by atoms with Gasteiger partial charge >= 0.3 is 0 Å². The van der Waals surface area contributed by atoms with Crippen molar-refractivity contribution >= 4 is 21.6 Å². The first-order chi connectivity index (χ1) is 16.8. The number of carbonyl (C=O) groups is 1. The fraction of sp³-hybridized carbons (Fsp3) is 0.269. The molecule has 0 aromatic heterocycles. The average Bonchev–Trinajstić information content (AvgIpc) is 2.90.